The SMILES string of the molecule is CCC(CC)C(C)NS(=O)(=O)c1ccc(CNC)s1. The van der Waals surface area contributed by atoms with Gasteiger partial charge in [0.15, 0.2) is 0 Å². The standard InChI is InChI=1S/C13H24N2O2S2/c1-5-11(6-2)10(3)15-19(16,17)13-8-7-12(18-13)9-14-4/h7-8,10-11,14-15H,5-6,9H2,1-4H3. The molecular formula is C13H24N2O2S2. The molecule has 1 aromatic heterocycles. The van der Waals surface area contributed by atoms with E-state index in [1.165, 1.54) is 11.3 Å². The lowest BCUT2D eigenvalue weighted by Crippen LogP contribution is -2.37. The maximum absolute atomic E-state index is 12.3. The summed E-state index contributed by atoms with van der Waals surface area (Å²) in [5.41, 5.74) is 0. The Hall–Kier alpha value is -0.430. The third kappa shape index (κ3) is 4.56. The monoisotopic (exact) mass is 304 g/mol. The third-order valence-corrected chi connectivity index (χ3v) is 6.49. The largest absolute Gasteiger partial charge is 0.315 e. The van der Waals surface area contributed by atoms with Gasteiger partial charge >= 0.3 is 0 Å². The Labute approximate surface area is 120 Å². The zero-order valence-electron chi connectivity index (χ0n) is 12.1. The van der Waals surface area contributed by atoms with Crippen LogP contribution < -0.4 is 10.0 Å². The van der Waals surface area contributed by atoms with Crippen molar-refractivity contribution < 1.29 is 8.42 Å². The van der Waals surface area contributed by atoms with Gasteiger partial charge in [-0.25, -0.2) is 13.1 Å². The Morgan fingerprint density at radius 3 is 2.42 bits per heavy atom. The first-order valence-electron chi connectivity index (χ1n) is 6.70. The molecule has 0 saturated carbocycles. The molecule has 1 aromatic rings. The fourth-order valence-corrected chi connectivity index (χ4v) is 4.86. The van der Waals surface area contributed by atoms with E-state index in [1.807, 2.05) is 20.0 Å². The number of nitrogens with one attached hydrogen (secondary N) is 2. The molecule has 0 aliphatic rings. The van der Waals surface area contributed by atoms with Crippen LogP contribution in [0.3, 0.4) is 0 Å². The van der Waals surface area contributed by atoms with Gasteiger partial charge in [0, 0.05) is 17.5 Å². The van der Waals surface area contributed by atoms with E-state index >= 15 is 0 Å². The van der Waals surface area contributed by atoms with Crippen LogP contribution in [-0.2, 0) is 16.6 Å². The highest BCUT2D eigenvalue weighted by Gasteiger charge is 2.23. The Balaban J connectivity index is 2.79. The van der Waals surface area contributed by atoms with E-state index in [0.29, 0.717) is 16.7 Å². The molecule has 1 heterocycles. The van der Waals surface area contributed by atoms with E-state index in [0.717, 1.165) is 17.7 Å². The second-order valence-electron chi connectivity index (χ2n) is 4.74. The Kier molecular flexibility index (Phi) is 6.46. The van der Waals surface area contributed by atoms with Crippen molar-refractivity contribution in [3.05, 3.63) is 17.0 Å². The molecule has 1 unspecified atom stereocenters. The molecule has 0 aliphatic heterocycles. The lowest BCUT2D eigenvalue weighted by atomic mass is 9.96. The minimum atomic E-state index is -3.38. The summed E-state index contributed by atoms with van der Waals surface area (Å²) in [6.07, 6.45) is 1.96. The number of rotatable bonds is 8. The predicted octanol–water partition coefficient (Wildman–Crippen LogP) is 2.57. The first-order chi connectivity index (χ1) is 8.94. The summed E-state index contributed by atoms with van der Waals surface area (Å²) in [4.78, 5) is 1.03. The molecule has 2 N–H and O–H groups in total. The zero-order valence-corrected chi connectivity index (χ0v) is 13.7. The zero-order chi connectivity index (χ0) is 14.5. The summed E-state index contributed by atoms with van der Waals surface area (Å²) in [7, 11) is -1.53. The van der Waals surface area contributed by atoms with Gasteiger partial charge in [0.25, 0.3) is 0 Å². The maximum Gasteiger partial charge on any atom is 0.250 e. The third-order valence-electron chi connectivity index (χ3n) is 3.35. The molecule has 0 radical (unpaired) electrons. The van der Waals surface area contributed by atoms with Gasteiger partial charge in [-0.15, -0.1) is 11.3 Å². The first-order valence-corrected chi connectivity index (χ1v) is 9.00. The predicted molar refractivity (Wildman–Crippen MR) is 80.9 cm³/mol. The Bertz CT molecular complexity index is 479. The van der Waals surface area contributed by atoms with Crippen LogP contribution >= 0.6 is 11.3 Å². The van der Waals surface area contributed by atoms with E-state index in [1.54, 1.807) is 6.07 Å². The molecule has 0 spiro atoms. The molecule has 110 valence electrons. The highest BCUT2D eigenvalue weighted by Crippen LogP contribution is 2.23. The topological polar surface area (TPSA) is 58.2 Å². The maximum atomic E-state index is 12.3. The normalized spacial score (nSPS) is 13.9. The van der Waals surface area contributed by atoms with Gasteiger partial charge in [-0.2, -0.15) is 0 Å². The van der Waals surface area contributed by atoms with E-state index in [-0.39, 0.29) is 6.04 Å². The molecule has 0 amide bonds. The molecule has 0 aromatic carbocycles. The van der Waals surface area contributed by atoms with E-state index in [4.69, 9.17) is 0 Å². The van der Waals surface area contributed by atoms with Crippen molar-refractivity contribution in [3.8, 4) is 0 Å². The smallest absolute Gasteiger partial charge is 0.250 e. The molecular weight excluding hydrogens is 280 g/mol. The molecule has 1 rings (SSSR count). The van der Waals surface area contributed by atoms with Crippen LogP contribution in [0.1, 0.15) is 38.5 Å². The number of sulfonamides is 1. The van der Waals surface area contributed by atoms with E-state index < -0.39 is 10.0 Å². The molecule has 0 fully saturated rings. The van der Waals surface area contributed by atoms with Crippen LogP contribution in [0, 0.1) is 5.92 Å². The van der Waals surface area contributed by atoms with Gasteiger partial charge in [0.05, 0.1) is 0 Å². The van der Waals surface area contributed by atoms with Gasteiger partial charge < -0.3 is 5.32 Å². The molecule has 6 heteroatoms. The van der Waals surface area contributed by atoms with Crippen LogP contribution in [-0.4, -0.2) is 21.5 Å². The Morgan fingerprint density at radius 1 is 1.26 bits per heavy atom. The van der Waals surface area contributed by atoms with Crippen molar-refractivity contribution in [2.75, 3.05) is 7.05 Å². The van der Waals surface area contributed by atoms with Crippen LogP contribution in [0.5, 0.6) is 0 Å². The van der Waals surface area contributed by atoms with Crippen LogP contribution in [0.25, 0.3) is 0 Å². The number of hydrogen-bond acceptors (Lipinski definition) is 4. The first kappa shape index (κ1) is 16.6. The highest BCUT2D eigenvalue weighted by molar-refractivity contribution is 7.91. The highest BCUT2D eigenvalue weighted by atomic mass is 32.2. The summed E-state index contributed by atoms with van der Waals surface area (Å²) >= 11 is 1.32. The van der Waals surface area contributed by atoms with E-state index in [2.05, 4.69) is 23.9 Å². The van der Waals surface area contributed by atoms with Crippen molar-refractivity contribution in [2.24, 2.45) is 5.92 Å². The Morgan fingerprint density at radius 2 is 1.89 bits per heavy atom. The molecule has 4 nitrogen and oxygen atoms in total. The van der Waals surface area contributed by atoms with Crippen molar-refractivity contribution in [1.29, 1.82) is 0 Å². The lowest BCUT2D eigenvalue weighted by Gasteiger charge is -2.21. The summed E-state index contributed by atoms with van der Waals surface area (Å²) in [5.74, 6) is 0.381. The van der Waals surface area contributed by atoms with Crippen LogP contribution in [0.4, 0.5) is 0 Å². The number of hydrogen-bond donors (Lipinski definition) is 2. The van der Waals surface area contributed by atoms with Crippen molar-refractivity contribution >= 4 is 21.4 Å². The lowest BCUT2D eigenvalue weighted by molar-refractivity contribution is 0.391. The van der Waals surface area contributed by atoms with Crippen LogP contribution in [0.2, 0.25) is 0 Å². The van der Waals surface area contributed by atoms with Gasteiger partial charge in [-0.1, -0.05) is 26.7 Å². The quantitative estimate of drug-likeness (QED) is 0.776. The van der Waals surface area contributed by atoms with Gasteiger partial charge in [0.2, 0.25) is 10.0 Å². The molecule has 19 heavy (non-hydrogen) atoms. The summed E-state index contributed by atoms with van der Waals surface area (Å²) < 4.78 is 27.7. The second kappa shape index (κ2) is 7.38. The molecule has 0 bridgehead atoms. The van der Waals surface area contributed by atoms with Gasteiger partial charge in [-0.05, 0) is 32.0 Å². The minimum absolute atomic E-state index is 0.0325. The average Bonchev–Trinajstić information content (AvgIpc) is 2.80. The summed E-state index contributed by atoms with van der Waals surface area (Å²) in [6.45, 7) is 6.82. The van der Waals surface area contributed by atoms with Crippen molar-refractivity contribution in [3.63, 3.8) is 0 Å². The average molecular weight is 304 g/mol. The fourth-order valence-electron chi connectivity index (χ4n) is 2.17. The summed E-state index contributed by atoms with van der Waals surface area (Å²) in [5, 5.41) is 3.02. The van der Waals surface area contributed by atoms with Gasteiger partial charge in [-0.3, -0.25) is 0 Å². The van der Waals surface area contributed by atoms with Crippen LogP contribution in [0.15, 0.2) is 16.3 Å². The fraction of sp³-hybridized carbons (Fsp3) is 0.692. The van der Waals surface area contributed by atoms with Crippen molar-refractivity contribution in [1.82, 2.24) is 10.0 Å². The molecule has 0 saturated heterocycles. The minimum Gasteiger partial charge on any atom is -0.315 e. The summed E-state index contributed by atoms with van der Waals surface area (Å²) in [6, 6.07) is 3.51. The number of thiophene rings is 1. The molecule has 1 atom stereocenters. The molecule has 0 aliphatic carbocycles. The van der Waals surface area contributed by atoms with E-state index in [9.17, 15) is 8.42 Å². The van der Waals surface area contributed by atoms with Gasteiger partial charge in [0.1, 0.15) is 4.21 Å². The second-order valence-corrected chi connectivity index (χ2v) is 7.85. The van der Waals surface area contributed by atoms with Crippen molar-refractivity contribution in [2.45, 2.75) is 50.4 Å².